The lowest BCUT2D eigenvalue weighted by atomic mass is 10.2. The van der Waals surface area contributed by atoms with E-state index in [0.29, 0.717) is 11.3 Å². The van der Waals surface area contributed by atoms with E-state index in [0.717, 1.165) is 6.07 Å². The maximum absolute atomic E-state index is 12.2. The largest absolute Gasteiger partial charge is 0.449 e. The molecule has 0 heterocycles. The standard InChI is InChI=1S/C18H17N3O5S/c1-12(17(22)21-15-7-3-5-13(9-15)11-19)26-18(23)14-6-4-8-16(10-14)27(24,25)20-2/h3-10,12,20H,1-2H3,(H,21,22)/t12-/m0/s1. The van der Waals surface area contributed by atoms with Gasteiger partial charge >= 0.3 is 5.97 Å². The van der Waals surface area contributed by atoms with Crippen LogP contribution in [0.5, 0.6) is 0 Å². The highest BCUT2D eigenvalue weighted by atomic mass is 32.2. The third-order valence-corrected chi connectivity index (χ3v) is 4.97. The molecule has 0 saturated heterocycles. The van der Waals surface area contributed by atoms with E-state index in [1.54, 1.807) is 18.2 Å². The van der Waals surface area contributed by atoms with Crippen LogP contribution in [0.25, 0.3) is 0 Å². The molecule has 0 aromatic heterocycles. The van der Waals surface area contributed by atoms with Crippen molar-refractivity contribution in [3.8, 4) is 6.07 Å². The van der Waals surface area contributed by atoms with Crippen LogP contribution in [-0.4, -0.2) is 33.4 Å². The van der Waals surface area contributed by atoms with Gasteiger partial charge in [0.1, 0.15) is 0 Å². The van der Waals surface area contributed by atoms with Gasteiger partial charge in [0.25, 0.3) is 5.91 Å². The number of nitriles is 1. The number of carbonyl (C=O) groups excluding carboxylic acids is 2. The second-order valence-corrected chi connectivity index (χ2v) is 7.35. The van der Waals surface area contributed by atoms with Crippen LogP contribution >= 0.6 is 0 Å². The molecule has 2 aromatic carbocycles. The minimum Gasteiger partial charge on any atom is -0.449 e. The van der Waals surface area contributed by atoms with Gasteiger partial charge in [0.2, 0.25) is 10.0 Å². The summed E-state index contributed by atoms with van der Waals surface area (Å²) in [7, 11) is -2.45. The number of hydrogen-bond donors (Lipinski definition) is 2. The van der Waals surface area contributed by atoms with Crippen molar-refractivity contribution < 1.29 is 22.7 Å². The van der Waals surface area contributed by atoms with Gasteiger partial charge in [-0.25, -0.2) is 17.9 Å². The van der Waals surface area contributed by atoms with Crippen LogP contribution in [0.2, 0.25) is 0 Å². The van der Waals surface area contributed by atoms with Crippen molar-refractivity contribution in [3.05, 3.63) is 59.7 Å². The third kappa shape index (κ3) is 5.13. The molecule has 1 atom stereocenters. The van der Waals surface area contributed by atoms with E-state index in [1.165, 1.54) is 38.2 Å². The Morgan fingerprint density at radius 2 is 1.85 bits per heavy atom. The van der Waals surface area contributed by atoms with Crippen molar-refractivity contribution in [2.75, 3.05) is 12.4 Å². The van der Waals surface area contributed by atoms with Crippen LogP contribution in [0.1, 0.15) is 22.8 Å². The van der Waals surface area contributed by atoms with Gasteiger partial charge in [-0.2, -0.15) is 5.26 Å². The molecule has 0 unspecified atom stereocenters. The number of esters is 1. The van der Waals surface area contributed by atoms with Gasteiger partial charge in [-0.15, -0.1) is 0 Å². The highest BCUT2D eigenvalue weighted by Crippen LogP contribution is 2.14. The Hall–Kier alpha value is -3.22. The molecule has 0 aliphatic rings. The SMILES string of the molecule is CNS(=O)(=O)c1cccc(C(=O)O[C@@H](C)C(=O)Nc2cccc(C#N)c2)c1. The van der Waals surface area contributed by atoms with Crippen LogP contribution in [0.3, 0.4) is 0 Å². The molecule has 0 spiro atoms. The second-order valence-electron chi connectivity index (χ2n) is 5.46. The van der Waals surface area contributed by atoms with E-state index in [9.17, 15) is 18.0 Å². The first-order valence-corrected chi connectivity index (χ1v) is 9.31. The number of rotatable bonds is 6. The van der Waals surface area contributed by atoms with E-state index < -0.39 is 28.0 Å². The average molecular weight is 387 g/mol. The van der Waals surface area contributed by atoms with Crippen molar-refractivity contribution in [2.45, 2.75) is 17.9 Å². The molecule has 2 N–H and O–H groups in total. The number of nitrogens with zero attached hydrogens (tertiary/aromatic N) is 1. The summed E-state index contributed by atoms with van der Waals surface area (Å²) < 4.78 is 30.9. The Labute approximate surface area is 156 Å². The van der Waals surface area contributed by atoms with E-state index in [-0.39, 0.29) is 10.5 Å². The molecule has 8 nitrogen and oxygen atoms in total. The molecule has 0 saturated carbocycles. The smallest absolute Gasteiger partial charge is 0.338 e. The molecular formula is C18H17N3O5S. The van der Waals surface area contributed by atoms with E-state index >= 15 is 0 Å². The summed E-state index contributed by atoms with van der Waals surface area (Å²) in [5.74, 6) is -1.42. The fourth-order valence-corrected chi connectivity index (χ4v) is 2.88. The Morgan fingerprint density at radius 3 is 2.52 bits per heavy atom. The Kier molecular flexibility index (Phi) is 6.28. The molecule has 0 aliphatic carbocycles. The predicted octanol–water partition coefficient (Wildman–Crippen LogP) is 1.65. The van der Waals surface area contributed by atoms with Gasteiger partial charge < -0.3 is 10.1 Å². The summed E-state index contributed by atoms with van der Waals surface area (Å²) in [6, 6.07) is 13.5. The van der Waals surface area contributed by atoms with Gasteiger partial charge in [-0.3, -0.25) is 4.79 Å². The number of carbonyl (C=O) groups is 2. The first kappa shape index (κ1) is 20.1. The molecule has 2 rings (SSSR count). The van der Waals surface area contributed by atoms with Gasteiger partial charge in [0.15, 0.2) is 6.10 Å². The van der Waals surface area contributed by atoms with Crippen LogP contribution < -0.4 is 10.0 Å². The first-order valence-electron chi connectivity index (χ1n) is 7.82. The molecule has 0 aliphatic heterocycles. The van der Waals surface area contributed by atoms with Crippen LogP contribution in [0, 0.1) is 11.3 Å². The van der Waals surface area contributed by atoms with Crippen molar-refractivity contribution in [1.82, 2.24) is 4.72 Å². The summed E-state index contributed by atoms with van der Waals surface area (Å²) in [6.07, 6.45) is -1.13. The number of nitrogens with one attached hydrogen (secondary N) is 2. The molecule has 140 valence electrons. The maximum atomic E-state index is 12.2. The van der Waals surface area contributed by atoms with Gasteiger partial charge in [-0.05, 0) is 50.4 Å². The Morgan fingerprint density at radius 1 is 1.15 bits per heavy atom. The van der Waals surface area contributed by atoms with Crippen LogP contribution in [-0.2, 0) is 19.6 Å². The summed E-state index contributed by atoms with van der Waals surface area (Å²) in [5, 5.41) is 11.4. The number of amides is 1. The molecule has 0 bridgehead atoms. The molecular weight excluding hydrogens is 370 g/mol. The van der Waals surface area contributed by atoms with Crippen molar-refractivity contribution in [1.29, 1.82) is 5.26 Å². The third-order valence-electron chi connectivity index (χ3n) is 3.56. The fraction of sp³-hybridized carbons (Fsp3) is 0.167. The summed E-state index contributed by atoms with van der Waals surface area (Å²) in [5.41, 5.74) is 0.765. The van der Waals surface area contributed by atoms with Crippen molar-refractivity contribution in [2.24, 2.45) is 0 Å². The average Bonchev–Trinajstić information content (AvgIpc) is 2.68. The Balaban J connectivity index is 2.08. The number of benzene rings is 2. The van der Waals surface area contributed by atoms with Crippen LogP contribution in [0.4, 0.5) is 5.69 Å². The molecule has 2 aromatic rings. The first-order chi connectivity index (χ1) is 12.8. The normalized spacial score (nSPS) is 11.9. The minimum absolute atomic E-state index is 0.00236. The molecule has 0 radical (unpaired) electrons. The van der Waals surface area contributed by atoms with Gasteiger partial charge in [0.05, 0.1) is 22.1 Å². The minimum atomic E-state index is -3.71. The van der Waals surface area contributed by atoms with Crippen molar-refractivity contribution in [3.63, 3.8) is 0 Å². The monoisotopic (exact) mass is 387 g/mol. The lowest BCUT2D eigenvalue weighted by Crippen LogP contribution is -2.30. The summed E-state index contributed by atoms with van der Waals surface area (Å²) in [6.45, 7) is 1.38. The molecule has 9 heteroatoms. The number of sulfonamides is 1. The zero-order chi connectivity index (χ0) is 20.0. The highest BCUT2D eigenvalue weighted by molar-refractivity contribution is 7.89. The zero-order valence-electron chi connectivity index (χ0n) is 14.6. The van der Waals surface area contributed by atoms with E-state index in [1.807, 2.05) is 6.07 Å². The number of hydrogen-bond acceptors (Lipinski definition) is 6. The summed E-state index contributed by atoms with van der Waals surface area (Å²) >= 11 is 0. The summed E-state index contributed by atoms with van der Waals surface area (Å²) in [4.78, 5) is 24.3. The molecule has 27 heavy (non-hydrogen) atoms. The molecule has 1 amide bonds. The lowest BCUT2D eigenvalue weighted by Gasteiger charge is -2.14. The number of anilines is 1. The van der Waals surface area contributed by atoms with Gasteiger partial charge in [-0.1, -0.05) is 12.1 Å². The lowest BCUT2D eigenvalue weighted by molar-refractivity contribution is -0.123. The van der Waals surface area contributed by atoms with Gasteiger partial charge in [0, 0.05) is 5.69 Å². The quantitative estimate of drug-likeness (QED) is 0.726. The number of ether oxygens (including phenoxy) is 1. The Bertz CT molecular complexity index is 1010. The maximum Gasteiger partial charge on any atom is 0.338 e. The highest BCUT2D eigenvalue weighted by Gasteiger charge is 2.21. The molecule has 0 fully saturated rings. The van der Waals surface area contributed by atoms with Crippen molar-refractivity contribution >= 4 is 27.6 Å². The zero-order valence-corrected chi connectivity index (χ0v) is 15.4. The second kappa shape index (κ2) is 8.44. The van der Waals surface area contributed by atoms with E-state index in [4.69, 9.17) is 10.00 Å². The van der Waals surface area contributed by atoms with Crippen LogP contribution in [0.15, 0.2) is 53.4 Å². The fourth-order valence-electron chi connectivity index (χ4n) is 2.10. The van der Waals surface area contributed by atoms with E-state index in [2.05, 4.69) is 10.0 Å². The topological polar surface area (TPSA) is 125 Å². The predicted molar refractivity (Wildman–Crippen MR) is 97.4 cm³/mol.